The highest BCUT2D eigenvalue weighted by Crippen LogP contribution is 2.36. The summed E-state index contributed by atoms with van der Waals surface area (Å²) < 4.78 is 0. The summed E-state index contributed by atoms with van der Waals surface area (Å²) in [4.78, 5) is 14.7. The highest BCUT2D eigenvalue weighted by molar-refractivity contribution is 6.18. The molecule has 1 aliphatic carbocycles. The van der Waals surface area contributed by atoms with Gasteiger partial charge in [0.25, 0.3) is 5.56 Å². The maximum absolute atomic E-state index is 11.8. The van der Waals surface area contributed by atoms with Crippen molar-refractivity contribution in [2.45, 2.75) is 12.3 Å². The lowest BCUT2D eigenvalue weighted by Gasteiger charge is -2.28. The number of benzene rings is 1. The van der Waals surface area contributed by atoms with E-state index >= 15 is 0 Å². The number of aromatic amines is 1. The minimum Gasteiger partial charge on any atom is -0.322 e. The molecule has 0 fully saturated rings. The monoisotopic (exact) mass is 219 g/mol. The maximum atomic E-state index is 11.8. The first kappa shape index (κ1) is 8.98. The molecule has 0 bridgehead atoms. The molecule has 0 saturated heterocycles. The molecule has 0 amide bonds. The van der Waals surface area contributed by atoms with Gasteiger partial charge in [-0.2, -0.15) is 0 Å². The number of pyridine rings is 1. The lowest BCUT2D eigenvalue weighted by atomic mass is 9.78. The molecule has 3 rings (SSSR count). The van der Waals surface area contributed by atoms with Gasteiger partial charge >= 0.3 is 0 Å². The smallest absolute Gasteiger partial charge is 0.252 e. The summed E-state index contributed by atoms with van der Waals surface area (Å²) in [6, 6.07) is 7.91. The van der Waals surface area contributed by atoms with Crippen LogP contribution >= 0.6 is 11.6 Å². The Kier molecular flexibility index (Phi) is 1.86. The Hall–Kier alpha value is -1.28. The number of halogens is 1. The molecule has 0 saturated carbocycles. The Morgan fingerprint density at radius 2 is 2.20 bits per heavy atom. The summed E-state index contributed by atoms with van der Waals surface area (Å²) in [7, 11) is 0. The molecule has 1 unspecified atom stereocenters. The van der Waals surface area contributed by atoms with Gasteiger partial charge in [0.2, 0.25) is 0 Å². The Labute approximate surface area is 91.9 Å². The SMILES string of the molecule is O=c1[nH]c2ccccc2c2c1C(CCl)C2. The van der Waals surface area contributed by atoms with E-state index in [0.717, 1.165) is 22.9 Å². The van der Waals surface area contributed by atoms with Crippen molar-refractivity contribution in [3.8, 4) is 0 Å². The van der Waals surface area contributed by atoms with Crippen LogP contribution < -0.4 is 5.56 Å². The first-order chi connectivity index (χ1) is 7.31. The van der Waals surface area contributed by atoms with Crippen LogP contribution in [0.1, 0.15) is 17.0 Å². The van der Waals surface area contributed by atoms with Crippen LogP contribution in [0.3, 0.4) is 0 Å². The van der Waals surface area contributed by atoms with E-state index in [1.54, 1.807) is 0 Å². The van der Waals surface area contributed by atoms with Gasteiger partial charge < -0.3 is 4.98 Å². The summed E-state index contributed by atoms with van der Waals surface area (Å²) in [5.74, 6) is 0.782. The molecule has 1 N–H and O–H groups in total. The van der Waals surface area contributed by atoms with E-state index in [9.17, 15) is 4.79 Å². The van der Waals surface area contributed by atoms with Gasteiger partial charge in [-0.05, 0) is 18.1 Å². The number of fused-ring (bicyclic) bond motifs is 3. The van der Waals surface area contributed by atoms with Gasteiger partial charge in [-0.1, -0.05) is 18.2 Å². The number of rotatable bonds is 1. The fraction of sp³-hybridized carbons (Fsp3) is 0.250. The number of H-pyrrole nitrogens is 1. The number of nitrogens with one attached hydrogen (secondary N) is 1. The van der Waals surface area contributed by atoms with Crippen molar-refractivity contribution in [2.24, 2.45) is 0 Å². The molecule has 2 nitrogen and oxygen atoms in total. The molecule has 2 aromatic rings. The number of aromatic nitrogens is 1. The van der Waals surface area contributed by atoms with Crippen LogP contribution in [0.15, 0.2) is 29.1 Å². The van der Waals surface area contributed by atoms with Crippen LogP contribution in [-0.4, -0.2) is 10.9 Å². The van der Waals surface area contributed by atoms with Crippen molar-refractivity contribution >= 4 is 22.5 Å². The molecule has 3 heteroatoms. The van der Waals surface area contributed by atoms with Crippen LogP contribution in [0.4, 0.5) is 0 Å². The fourth-order valence-corrected chi connectivity index (χ4v) is 2.59. The molecule has 1 atom stereocenters. The number of hydrogen-bond acceptors (Lipinski definition) is 1. The first-order valence-electron chi connectivity index (χ1n) is 5.01. The highest BCUT2D eigenvalue weighted by Gasteiger charge is 2.30. The lowest BCUT2D eigenvalue weighted by Crippen LogP contribution is -2.29. The van der Waals surface area contributed by atoms with Crippen molar-refractivity contribution in [2.75, 3.05) is 5.88 Å². The van der Waals surface area contributed by atoms with Gasteiger partial charge in [0.15, 0.2) is 0 Å². The normalized spacial score (nSPS) is 18.6. The molecule has 76 valence electrons. The third-order valence-corrected chi connectivity index (χ3v) is 3.49. The van der Waals surface area contributed by atoms with Gasteiger partial charge in [-0.25, -0.2) is 0 Å². The second-order valence-electron chi connectivity index (χ2n) is 3.95. The second-order valence-corrected chi connectivity index (χ2v) is 4.26. The van der Waals surface area contributed by atoms with Crippen molar-refractivity contribution in [3.63, 3.8) is 0 Å². The molecule has 0 aliphatic heterocycles. The van der Waals surface area contributed by atoms with Gasteiger partial charge in [-0.15, -0.1) is 11.6 Å². The van der Waals surface area contributed by atoms with Gasteiger partial charge in [-0.3, -0.25) is 4.79 Å². The third kappa shape index (κ3) is 1.15. The fourth-order valence-electron chi connectivity index (χ4n) is 2.33. The van der Waals surface area contributed by atoms with Crippen molar-refractivity contribution in [1.29, 1.82) is 0 Å². The van der Waals surface area contributed by atoms with Crippen LogP contribution in [0.2, 0.25) is 0 Å². The molecule has 0 radical (unpaired) electrons. The Morgan fingerprint density at radius 3 is 3.00 bits per heavy atom. The quantitative estimate of drug-likeness (QED) is 0.735. The maximum Gasteiger partial charge on any atom is 0.252 e. The zero-order valence-electron chi connectivity index (χ0n) is 8.09. The molecular weight excluding hydrogens is 210 g/mol. The average molecular weight is 220 g/mol. The van der Waals surface area contributed by atoms with E-state index < -0.39 is 0 Å². The minimum atomic E-state index is 0.0283. The van der Waals surface area contributed by atoms with Crippen LogP contribution in [0.5, 0.6) is 0 Å². The van der Waals surface area contributed by atoms with Crippen LogP contribution in [0, 0.1) is 0 Å². The Balaban J connectivity index is 2.37. The average Bonchev–Trinajstić information content (AvgIpc) is 2.18. The number of alkyl halides is 1. The van der Waals surface area contributed by atoms with E-state index in [4.69, 9.17) is 11.6 Å². The highest BCUT2D eigenvalue weighted by atomic mass is 35.5. The van der Waals surface area contributed by atoms with Crippen molar-refractivity contribution in [3.05, 3.63) is 45.7 Å². The van der Waals surface area contributed by atoms with Gasteiger partial charge in [0, 0.05) is 28.3 Å². The largest absolute Gasteiger partial charge is 0.322 e. The van der Waals surface area contributed by atoms with E-state index in [1.165, 1.54) is 5.56 Å². The second kappa shape index (κ2) is 3.11. The van der Waals surface area contributed by atoms with E-state index in [1.807, 2.05) is 18.2 Å². The summed E-state index contributed by atoms with van der Waals surface area (Å²) in [5.41, 5.74) is 3.03. The standard InChI is InChI=1S/C12H10ClNO/c13-6-7-5-9-8-3-1-2-4-10(8)14-12(15)11(7)9/h1-4,7H,5-6H2,(H,14,15). The van der Waals surface area contributed by atoms with Crippen molar-refractivity contribution in [1.82, 2.24) is 4.98 Å². The molecule has 1 aromatic carbocycles. The summed E-state index contributed by atoms with van der Waals surface area (Å²) in [6.07, 6.45) is 0.934. The lowest BCUT2D eigenvalue weighted by molar-refractivity contribution is 0.667. The van der Waals surface area contributed by atoms with Gasteiger partial charge in [0.1, 0.15) is 0 Å². The number of hydrogen-bond donors (Lipinski definition) is 1. The third-order valence-electron chi connectivity index (χ3n) is 3.12. The van der Waals surface area contributed by atoms with Crippen LogP contribution in [0.25, 0.3) is 10.9 Å². The predicted octanol–water partition coefficient (Wildman–Crippen LogP) is 2.41. The van der Waals surface area contributed by atoms with Crippen molar-refractivity contribution < 1.29 is 0 Å². The minimum absolute atomic E-state index is 0.0283. The zero-order valence-corrected chi connectivity index (χ0v) is 8.84. The Morgan fingerprint density at radius 1 is 1.40 bits per heavy atom. The summed E-state index contributed by atoms with van der Waals surface area (Å²) in [6.45, 7) is 0. The topological polar surface area (TPSA) is 32.9 Å². The Bertz CT molecular complexity index is 588. The number of para-hydroxylation sites is 1. The first-order valence-corrected chi connectivity index (χ1v) is 5.54. The summed E-state index contributed by atoms with van der Waals surface area (Å²) >= 11 is 5.80. The molecule has 0 spiro atoms. The molecular formula is C12H10ClNO. The molecule has 1 aromatic heterocycles. The van der Waals surface area contributed by atoms with E-state index in [2.05, 4.69) is 11.1 Å². The van der Waals surface area contributed by atoms with Gasteiger partial charge in [0.05, 0.1) is 0 Å². The molecule has 1 aliphatic rings. The predicted molar refractivity (Wildman–Crippen MR) is 61.7 cm³/mol. The summed E-state index contributed by atoms with van der Waals surface area (Å²) in [5, 5.41) is 1.16. The molecule has 15 heavy (non-hydrogen) atoms. The van der Waals surface area contributed by atoms with E-state index in [0.29, 0.717) is 5.88 Å². The zero-order chi connectivity index (χ0) is 10.4. The van der Waals surface area contributed by atoms with Crippen LogP contribution in [-0.2, 0) is 6.42 Å². The van der Waals surface area contributed by atoms with E-state index in [-0.39, 0.29) is 11.5 Å². The molecule has 1 heterocycles.